The summed E-state index contributed by atoms with van der Waals surface area (Å²) < 4.78 is 54.4. The molecule has 2 aromatic rings. The second-order valence-corrected chi connectivity index (χ2v) is 8.65. The molecule has 0 amide bonds. The molecule has 0 unspecified atom stereocenters. The van der Waals surface area contributed by atoms with Crippen molar-refractivity contribution >= 4 is 31.6 Å². The molecule has 8 heteroatoms. The van der Waals surface area contributed by atoms with E-state index in [-0.39, 0.29) is 23.2 Å². The number of hydrogen-bond acceptors (Lipinski definition) is 3. The largest absolute Gasteiger partial charge is 0.371 e. The highest BCUT2D eigenvalue weighted by molar-refractivity contribution is 9.10. The Morgan fingerprint density at radius 2 is 1.88 bits per heavy atom. The van der Waals surface area contributed by atoms with Gasteiger partial charge in [-0.05, 0) is 54.8 Å². The fourth-order valence-electron chi connectivity index (χ4n) is 2.87. The third-order valence-corrected chi connectivity index (χ3v) is 6.15. The summed E-state index contributed by atoms with van der Waals surface area (Å²) in [5.74, 6) is -0.964. The molecule has 0 radical (unpaired) electrons. The molecule has 1 aliphatic rings. The summed E-state index contributed by atoms with van der Waals surface area (Å²) >= 11 is 3.15. The van der Waals surface area contributed by atoms with Crippen molar-refractivity contribution < 1.29 is 17.2 Å². The normalized spacial score (nSPS) is 17.9. The molecule has 1 saturated heterocycles. The van der Waals surface area contributed by atoms with Gasteiger partial charge in [-0.15, -0.1) is 0 Å². The number of nitrogens with zero attached hydrogens (tertiary/aromatic N) is 1. The molecule has 1 fully saturated rings. The van der Waals surface area contributed by atoms with Crippen LogP contribution in [0.2, 0.25) is 0 Å². The van der Waals surface area contributed by atoms with E-state index < -0.39 is 15.8 Å². The van der Waals surface area contributed by atoms with E-state index in [0.29, 0.717) is 11.0 Å². The summed E-state index contributed by atoms with van der Waals surface area (Å²) in [6.07, 6.45) is 0.806. The summed E-state index contributed by atoms with van der Waals surface area (Å²) in [6.45, 7) is 1.66. The van der Waals surface area contributed by atoms with E-state index in [9.17, 15) is 17.2 Å². The molecule has 4 nitrogen and oxygen atoms in total. The molecule has 0 bridgehead atoms. The van der Waals surface area contributed by atoms with Crippen LogP contribution in [0.1, 0.15) is 6.42 Å². The van der Waals surface area contributed by atoms with Crippen LogP contribution in [0.4, 0.5) is 14.5 Å². The maximum Gasteiger partial charge on any atom is 0.243 e. The number of hydrogen-bond donors (Lipinski definition) is 1. The standard InChI is InChI=1S/C17H17BrF2N2O2S/c18-13-1-6-16(20)17(9-13)25(23,24)21-10-12-7-8-22(11-12)15-4-2-14(19)3-5-15/h1-6,9,12,21H,7-8,10-11H2/t12-/m1/s1. The molecule has 3 rings (SSSR count). The maximum absolute atomic E-state index is 13.8. The highest BCUT2D eigenvalue weighted by atomic mass is 79.9. The van der Waals surface area contributed by atoms with Crippen molar-refractivity contribution in [2.45, 2.75) is 11.3 Å². The molecule has 134 valence electrons. The van der Waals surface area contributed by atoms with Gasteiger partial charge in [0.05, 0.1) is 0 Å². The zero-order chi connectivity index (χ0) is 18.0. The smallest absolute Gasteiger partial charge is 0.243 e. The minimum Gasteiger partial charge on any atom is -0.371 e. The van der Waals surface area contributed by atoms with Crippen molar-refractivity contribution in [2.75, 3.05) is 24.5 Å². The molecule has 0 spiro atoms. The first-order valence-electron chi connectivity index (χ1n) is 7.80. The van der Waals surface area contributed by atoms with Crippen LogP contribution in [-0.4, -0.2) is 28.1 Å². The van der Waals surface area contributed by atoms with Gasteiger partial charge in [-0.2, -0.15) is 0 Å². The lowest BCUT2D eigenvalue weighted by molar-refractivity contribution is 0.531. The van der Waals surface area contributed by atoms with E-state index in [2.05, 4.69) is 25.6 Å². The Labute approximate surface area is 154 Å². The average Bonchev–Trinajstić information content (AvgIpc) is 3.05. The predicted molar refractivity (Wildman–Crippen MR) is 96.0 cm³/mol. The lowest BCUT2D eigenvalue weighted by Gasteiger charge is -2.19. The van der Waals surface area contributed by atoms with Crippen molar-refractivity contribution in [3.63, 3.8) is 0 Å². The van der Waals surface area contributed by atoms with Gasteiger partial charge < -0.3 is 4.90 Å². The van der Waals surface area contributed by atoms with Gasteiger partial charge >= 0.3 is 0 Å². The number of benzene rings is 2. The van der Waals surface area contributed by atoms with Crippen LogP contribution in [0.5, 0.6) is 0 Å². The molecule has 1 N–H and O–H groups in total. The lowest BCUT2D eigenvalue weighted by Crippen LogP contribution is -2.31. The highest BCUT2D eigenvalue weighted by Crippen LogP contribution is 2.25. The van der Waals surface area contributed by atoms with Gasteiger partial charge in [-0.3, -0.25) is 0 Å². The number of rotatable bonds is 5. The Balaban J connectivity index is 1.62. The zero-order valence-corrected chi connectivity index (χ0v) is 15.7. The fourth-order valence-corrected chi connectivity index (χ4v) is 4.60. The third kappa shape index (κ3) is 4.37. The number of nitrogens with one attached hydrogen (secondary N) is 1. The number of sulfonamides is 1. The van der Waals surface area contributed by atoms with E-state index in [1.165, 1.54) is 24.3 Å². The molecule has 0 aromatic heterocycles. The van der Waals surface area contributed by atoms with Crippen LogP contribution in [0.25, 0.3) is 0 Å². The van der Waals surface area contributed by atoms with Crippen molar-refractivity contribution in [2.24, 2.45) is 5.92 Å². The van der Waals surface area contributed by atoms with Crippen LogP contribution in [-0.2, 0) is 10.0 Å². The summed E-state index contributed by atoms with van der Waals surface area (Å²) in [7, 11) is -3.91. The molecule has 1 heterocycles. The summed E-state index contributed by atoms with van der Waals surface area (Å²) in [6, 6.07) is 10.0. The van der Waals surface area contributed by atoms with Gasteiger partial charge in [0, 0.05) is 29.8 Å². The SMILES string of the molecule is O=S(=O)(NC[C@H]1CCN(c2ccc(F)cc2)C1)c1cc(Br)ccc1F. The molecule has 1 atom stereocenters. The number of anilines is 1. The molecule has 2 aromatic carbocycles. The highest BCUT2D eigenvalue weighted by Gasteiger charge is 2.26. The van der Waals surface area contributed by atoms with Crippen LogP contribution in [0.3, 0.4) is 0 Å². The van der Waals surface area contributed by atoms with Crippen molar-refractivity contribution in [3.05, 3.63) is 58.6 Å². The van der Waals surface area contributed by atoms with Gasteiger partial charge in [-0.1, -0.05) is 15.9 Å². The van der Waals surface area contributed by atoms with Gasteiger partial charge in [0.1, 0.15) is 16.5 Å². The monoisotopic (exact) mass is 430 g/mol. The zero-order valence-electron chi connectivity index (χ0n) is 13.3. The Hall–Kier alpha value is -1.51. The minimum absolute atomic E-state index is 0.107. The van der Waals surface area contributed by atoms with E-state index in [0.717, 1.165) is 24.7 Å². The first-order chi connectivity index (χ1) is 11.8. The lowest BCUT2D eigenvalue weighted by atomic mass is 10.1. The van der Waals surface area contributed by atoms with E-state index >= 15 is 0 Å². The number of halogens is 3. The average molecular weight is 431 g/mol. The van der Waals surface area contributed by atoms with Crippen molar-refractivity contribution in [1.29, 1.82) is 0 Å². The Bertz CT molecular complexity index is 859. The minimum atomic E-state index is -3.91. The van der Waals surface area contributed by atoms with E-state index in [1.54, 1.807) is 12.1 Å². The Kier molecular flexibility index (Phi) is 5.41. The van der Waals surface area contributed by atoms with Gasteiger partial charge in [0.2, 0.25) is 10.0 Å². The summed E-state index contributed by atoms with van der Waals surface area (Å²) in [5.41, 5.74) is 0.907. The predicted octanol–water partition coefficient (Wildman–Crippen LogP) is 3.53. The molecule has 25 heavy (non-hydrogen) atoms. The van der Waals surface area contributed by atoms with E-state index in [1.807, 2.05) is 0 Å². The van der Waals surface area contributed by atoms with Gasteiger partial charge in [-0.25, -0.2) is 21.9 Å². The molecule has 0 aliphatic carbocycles. The first-order valence-corrected chi connectivity index (χ1v) is 10.1. The van der Waals surface area contributed by atoms with Crippen molar-refractivity contribution in [1.82, 2.24) is 4.72 Å². The molecule has 0 saturated carbocycles. The van der Waals surface area contributed by atoms with Crippen LogP contribution >= 0.6 is 15.9 Å². The summed E-state index contributed by atoms with van der Waals surface area (Å²) in [4.78, 5) is 1.72. The Morgan fingerprint density at radius 1 is 1.16 bits per heavy atom. The van der Waals surface area contributed by atoms with Gasteiger partial charge in [0.15, 0.2) is 0 Å². The van der Waals surface area contributed by atoms with Crippen LogP contribution in [0, 0.1) is 17.6 Å². The summed E-state index contributed by atoms with van der Waals surface area (Å²) in [5, 5.41) is 0. The maximum atomic E-state index is 13.8. The van der Waals surface area contributed by atoms with Gasteiger partial charge in [0.25, 0.3) is 0 Å². The second-order valence-electron chi connectivity index (χ2n) is 6.00. The topological polar surface area (TPSA) is 49.4 Å². The second kappa shape index (κ2) is 7.39. The quantitative estimate of drug-likeness (QED) is 0.788. The van der Waals surface area contributed by atoms with Crippen LogP contribution < -0.4 is 9.62 Å². The van der Waals surface area contributed by atoms with Crippen molar-refractivity contribution in [3.8, 4) is 0 Å². The molecular formula is C17H17BrF2N2O2S. The van der Waals surface area contributed by atoms with E-state index in [4.69, 9.17) is 0 Å². The Morgan fingerprint density at radius 3 is 2.60 bits per heavy atom. The fraction of sp³-hybridized carbons (Fsp3) is 0.294. The third-order valence-electron chi connectivity index (χ3n) is 4.22. The molecular weight excluding hydrogens is 414 g/mol. The first kappa shape index (κ1) is 18.3. The van der Waals surface area contributed by atoms with Crippen LogP contribution in [0.15, 0.2) is 51.8 Å². The molecule has 1 aliphatic heterocycles.